The van der Waals surface area contributed by atoms with Crippen LogP contribution in [0, 0.1) is 0 Å². The maximum absolute atomic E-state index is 13.7. The maximum atomic E-state index is 13.7. The second-order valence-electron chi connectivity index (χ2n) is 11.3. The number of nitrogens with one attached hydrogen (secondary N) is 1. The van der Waals surface area contributed by atoms with Crippen LogP contribution in [0.15, 0.2) is 36.5 Å². The molecule has 13 heteroatoms. The Morgan fingerprint density at radius 3 is 2.51 bits per heavy atom. The summed E-state index contributed by atoms with van der Waals surface area (Å²) in [5.74, 6) is -0.477. The molecule has 0 fully saturated rings. The number of aromatic nitrogens is 1. The zero-order chi connectivity index (χ0) is 31.8. The number of carbonyl (C=O) groups excluding carboxylic acids is 3. The lowest BCUT2D eigenvalue weighted by molar-refractivity contribution is -0.140. The highest BCUT2D eigenvalue weighted by Crippen LogP contribution is 2.31. The number of hydrogen-bond acceptors (Lipinski definition) is 7. The molecule has 0 atom stereocenters. The van der Waals surface area contributed by atoms with Crippen LogP contribution < -0.4 is 5.32 Å². The summed E-state index contributed by atoms with van der Waals surface area (Å²) in [6.07, 6.45) is -3.12. The standard InChI is InChI=1S/C30H40F3N5O5/c1-6-17-42-28(41)38-14-12-22-21(19-38)9-7-11-24(22)35-18-26(39)37(16-15-36(5)27(40)43-29(2,3)4)20-25-23(30(31,32)33)10-8-13-34-25/h7-11,13,35H,6,12,14-20H2,1-5H3. The molecule has 1 aliphatic heterocycles. The van der Waals surface area contributed by atoms with Gasteiger partial charge < -0.3 is 29.5 Å². The van der Waals surface area contributed by atoms with Crippen molar-refractivity contribution in [3.05, 3.63) is 58.9 Å². The van der Waals surface area contributed by atoms with Gasteiger partial charge in [0, 0.05) is 45.1 Å². The lowest BCUT2D eigenvalue weighted by Gasteiger charge is -2.30. The molecule has 3 rings (SSSR count). The summed E-state index contributed by atoms with van der Waals surface area (Å²) in [5.41, 5.74) is 0.608. The van der Waals surface area contributed by atoms with E-state index in [1.807, 2.05) is 25.1 Å². The van der Waals surface area contributed by atoms with Gasteiger partial charge in [-0.25, -0.2) is 9.59 Å². The van der Waals surface area contributed by atoms with E-state index >= 15 is 0 Å². The minimum absolute atomic E-state index is 0.0273. The topological polar surface area (TPSA) is 104 Å². The predicted molar refractivity (Wildman–Crippen MR) is 154 cm³/mol. The van der Waals surface area contributed by atoms with E-state index in [1.165, 1.54) is 29.1 Å². The molecule has 236 valence electrons. The van der Waals surface area contributed by atoms with Gasteiger partial charge in [0.25, 0.3) is 0 Å². The van der Waals surface area contributed by atoms with Gasteiger partial charge in [-0.05, 0) is 62.9 Å². The third-order valence-electron chi connectivity index (χ3n) is 6.68. The molecule has 1 N–H and O–H groups in total. The van der Waals surface area contributed by atoms with E-state index in [1.54, 1.807) is 25.7 Å². The van der Waals surface area contributed by atoms with Crippen molar-refractivity contribution in [3.8, 4) is 0 Å². The number of fused-ring (bicyclic) bond motifs is 1. The molecule has 3 amide bonds. The van der Waals surface area contributed by atoms with Crippen LogP contribution in [-0.2, 0) is 40.0 Å². The van der Waals surface area contributed by atoms with Crippen LogP contribution in [0.25, 0.3) is 0 Å². The average Bonchev–Trinajstić information content (AvgIpc) is 2.94. The first-order valence-electron chi connectivity index (χ1n) is 14.2. The Hall–Kier alpha value is -4.03. The third-order valence-corrected chi connectivity index (χ3v) is 6.68. The van der Waals surface area contributed by atoms with Crippen molar-refractivity contribution in [2.75, 3.05) is 45.2 Å². The van der Waals surface area contributed by atoms with Crippen LogP contribution in [0.2, 0.25) is 0 Å². The number of rotatable bonds is 10. The normalized spacial score (nSPS) is 13.2. The molecule has 1 aliphatic rings. The van der Waals surface area contributed by atoms with Gasteiger partial charge in [-0.1, -0.05) is 19.1 Å². The van der Waals surface area contributed by atoms with Gasteiger partial charge in [-0.15, -0.1) is 0 Å². The van der Waals surface area contributed by atoms with Crippen LogP contribution in [-0.4, -0.2) is 83.2 Å². The summed E-state index contributed by atoms with van der Waals surface area (Å²) in [7, 11) is 1.49. The summed E-state index contributed by atoms with van der Waals surface area (Å²) in [5, 5.41) is 3.13. The van der Waals surface area contributed by atoms with E-state index in [9.17, 15) is 27.6 Å². The highest BCUT2D eigenvalue weighted by atomic mass is 19.4. The minimum atomic E-state index is -4.65. The highest BCUT2D eigenvalue weighted by molar-refractivity contribution is 5.81. The van der Waals surface area contributed by atoms with Crippen LogP contribution in [0.3, 0.4) is 0 Å². The molecule has 0 radical (unpaired) electrons. The Balaban J connectivity index is 1.75. The number of hydrogen-bond donors (Lipinski definition) is 1. The Kier molecular flexibility index (Phi) is 11.2. The molecule has 0 unspecified atom stereocenters. The fraction of sp³-hybridized carbons (Fsp3) is 0.533. The fourth-order valence-corrected chi connectivity index (χ4v) is 4.49. The van der Waals surface area contributed by atoms with Crippen LogP contribution in [0.5, 0.6) is 0 Å². The average molecular weight is 608 g/mol. The van der Waals surface area contributed by atoms with Gasteiger partial charge in [-0.2, -0.15) is 13.2 Å². The Bertz CT molecular complexity index is 1280. The molecule has 0 spiro atoms. The number of alkyl halides is 3. The molecule has 1 aromatic carbocycles. The number of carbonyl (C=O) groups is 3. The molecule has 2 heterocycles. The van der Waals surface area contributed by atoms with E-state index in [0.29, 0.717) is 31.8 Å². The number of halogens is 3. The SMILES string of the molecule is CCCOC(=O)N1CCc2c(cccc2NCC(=O)N(CCN(C)C(=O)OC(C)(C)C)Cc2ncccc2C(F)(F)F)C1. The molecular weight excluding hydrogens is 567 g/mol. The summed E-state index contributed by atoms with van der Waals surface area (Å²) in [6, 6.07) is 7.65. The number of nitrogens with zero attached hydrogens (tertiary/aromatic N) is 4. The highest BCUT2D eigenvalue weighted by Gasteiger charge is 2.35. The Labute approximate surface area is 250 Å². The Morgan fingerprint density at radius 2 is 1.84 bits per heavy atom. The first-order valence-corrected chi connectivity index (χ1v) is 14.2. The first-order chi connectivity index (χ1) is 20.2. The number of anilines is 1. The van der Waals surface area contributed by atoms with Gasteiger partial charge in [0.05, 0.1) is 31.0 Å². The van der Waals surface area contributed by atoms with E-state index in [2.05, 4.69) is 10.3 Å². The third kappa shape index (κ3) is 9.75. The lowest BCUT2D eigenvalue weighted by Crippen LogP contribution is -2.43. The van der Waals surface area contributed by atoms with E-state index in [0.717, 1.165) is 23.6 Å². The quantitative estimate of drug-likeness (QED) is 0.390. The van der Waals surface area contributed by atoms with E-state index in [-0.39, 0.29) is 31.4 Å². The number of ether oxygens (including phenoxy) is 2. The smallest absolute Gasteiger partial charge is 0.418 e. The Morgan fingerprint density at radius 1 is 1.09 bits per heavy atom. The van der Waals surface area contributed by atoms with Crippen molar-refractivity contribution >= 4 is 23.8 Å². The van der Waals surface area contributed by atoms with E-state index < -0.39 is 35.9 Å². The molecule has 1 aromatic heterocycles. The first kappa shape index (κ1) is 33.5. The monoisotopic (exact) mass is 607 g/mol. The molecular formula is C30H40F3N5O5. The molecule has 0 saturated heterocycles. The molecule has 0 aliphatic carbocycles. The maximum Gasteiger partial charge on any atom is 0.418 e. The number of pyridine rings is 1. The van der Waals surface area contributed by atoms with Gasteiger partial charge in [0.15, 0.2) is 0 Å². The molecule has 0 bridgehead atoms. The zero-order valence-corrected chi connectivity index (χ0v) is 25.3. The molecule has 43 heavy (non-hydrogen) atoms. The fourth-order valence-electron chi connectivity index (χ4n) is 4.49. The summed E-state index contributed by atoms with van der Waals surface area (Å²) < 4.78 is 51.7. The van der Waals surface area contributed by atoms with Crippen molar-refractivity contribution in [2.24, 2.45) is 0 Å². The minimum Gasteiger partial charge on any atom is -0.449 e. The van der Waals surface area contributed by atoms with Crippen molar-refractivity contribution in [1.29, 1.82) is 0 Å². The second kappa shape index (κ2) is 14.4. The van der Waals surface area contributed by atoms with Crippen LogP contribution in [0.4, 0.5) is 28.4 Å². The van der Waals surface area contributed by atoms with Gasteiger partial charge >= 0.3 is 18.4 Å². The van der Waals surface area contributed by atoms with Crippen molar-refractivity contribution in [3.63, 3.8) is 0 Å². The summed E-state index contributed by atoms with van der Waals surface area (Å²) in [4.78, 5) is 46.3. The van der Waals surface area contributed by atoms with Crippen molar-refractivity contribution < 1.29 is 37.0 Å². The number of likely N-dealkylation sites (N-methyl/N-ethyl adjacent to an activating group) is 1. The second-order valence-corrected chi connectivity index (χ2v) is 11.3. The van der Waals surface area contributed by atoms with Crippen molar-refractivity contribution in [1.82, 2.24) is 19.7 Å². The van der Waals surface area contributed by atoms with Crippen LogP contribution in [0.1, 0.15) is 56.5 Å². The predicted octanol–water partition coefficient (Wildman–Crippen LogP) is 5.31. The zero-order valence-electron chi connectivity index (χ0n) is 25.3. The number of benzene rings is 1. The number of amides is 3. The van der Waals surface area contributed by atoms with Crippen LogP contribution >= 0.6 is 0 Å². The lowest BCUT2D eigenvalue weighted by atomic mass is 9.98. The largest absolute Gasteiger partial charge is 0.449 e. The summed E-state index contributed by atoms with van der Waals surface area (Å²) in [6.45, 7) is 7.61. The van der Waals surface area contributed by atoms with Gasteiger partial charge in [0.2, 0.25) is 5.91 Å². The molecule has 2 aromatic rings. The molecule has 10 nitrogen and oxygen atoms in total. The van der Waals surface area contributed by atoms with E-state index in [4.69, 9.17) is 9.47 Å². The molecule has 0 saturated carbocycles. The van der Waals surface area contributed by atoms with Crippen molar-refractivity contribution in [2.45, 2.75) is 65.4 Å². The summed E-state index contributed by atoms with van der Waals surface area (Å²) >= 11 is 0. The van der Waals surface area contributed by atoms with Gasteiger partial charge in [0.1, 0.15) is 5.60 Å². The van der Waals surface area contributed by atoms with Gasteiger partial charge in [-0.3, -0.25) is 9.78 Å².